The fourth-order valence-electron chi connectivity index (χ4n) is 4.37. The molecule has 1 aromatic carbocycles. The van der Waals surface area contributed by atoms with Crippen molar-refractivity contribution in [2.45, 2.75) is 63.6 Å². The quantitative estimate of drug-likeness (QED) is 0.0922. The second-order valence-corrected chi connectivity index (χ2v) is 13.9. The topological polar surface area (TPSA) is 209 Å². The van der Waals surface area contributed by atoms with Crippen molar-refractivity contribution in [1.82, 2.24) is 19.5 Å². The van der Waals surface area contributed by atoms with Crippen LogP contribution in [0.3, 0.4) is 0 Å². The maximum atomic E-state index is 12.0. The number of aromatic nitrogens is 4. The van der Waals surface area contributed by atoms with E-state index < -0.39 is 52.2 Å². The number of nitrogens with one attached hydrogen (secondary N) is 1. The maximum absolute atomic E-state index is 12.0. The van der Waals surface area contributed by atoms with Crippen molar-refractivity contribution in [1.29, 1.82) is 0 Å². The van der Waals surface area contributed by atoms with Crippen LogP contribution in [0.15, 0.2) is 30.6 Å². The Morgan fingerprint density at radius 1 is 1.07 bits per heavy atom. The van der Waals surface area contributed by atoms with Crippen LogP contribution >= 0.6 is 26.8 Å². The predicted octanol–water partition coefficient (Wildman–Crippen LogP) is 3.30. The molecule has 14 nitrogen and oxygen atoms in total. The van der Waals surface area contributed by atoms with Crippen molar-refractivity contribution in [3.05, 3.63) is 41.4 Å². The molecular weight excluding hydrogens is 588 g/mol. The molecule has 40 heavy (non-hydrogen) atoms. The summed E-state index contributed by atoms with van der Waals surface area (Å²) < 4.78 is 34.8. The lowest BCUT2D eigenvalue weighted by Gasteiger charge is -2.18. The third kappa shape index (κ3) is 7.86. The van der Waals surface area contributed by atoms with Crippen molar-refractivity contribution in [3.63, 3.8) is 0 Å². The number of aliphatic hydroxyl groups is 2. The second-order valence-electron chi connectivity index (χ2n) is 9.58. The molecule has 0 spiro atoms. The van der Waals surface area contributed by atoms with Crippen molar-refractivity contribution < 1.29 is 43.3 Å². The molecule has 0 radical (unpaired) electrons. The average molecular weight is 620 g/mol. The van der Waals surface area contributed by atoms with Gasteiger partial charge in [-0.15, -0.1) is 0 Å². The summed E-state index contributed by atoms with van der Waals surface area (Å²) in [5.41, 5.74) is 2.46. The summed E-state index contributed by atoms with van der Waals surface area (Å²) >= 11 is 6.18. The number of benzene rings is 1. The van der Waals surface area contributed by atoms with Gasteiger partial charge in [-0.3, -0.25) is 13.7 Å². The number of hydrogen-bond acceptors (Lipinski definition) is 10. The van der Waals surface area contributed by atoms with Gasteiger partial charge in [0.2, 0.25) is 5.28 Å². The highest BCUT2D eigenvalue weighted by Crippen LogP contribution is 2.55. The van der Waals surface area contributed by atoms with Gasteiger partial charge in [-0.25, -0.2) is 4.98 Å². The van der Waals surface area contributed by atoms with Gasteiger partial charge in [0.15, 0.2) is 29.1 Å². The van der Waals surface area contributed by atoms with Gasteiger partial charge in [-0.1, -0.05) is 38.3 Å². The number of imidazole rings is 1. The van der Waals surface area contributed by atoms with E-state index in [1.807, 2.05) is 24.3 Å². The smallest absolute Gasteiger partial charge is 0.340 e. The normalized spacial score (nSPS) is 23.0. The first-order chi connectivity index (χ1) is 18.9. The van der Waals surface area contributed by atoms with Crippen LogP contribution in [-0.4, -0.2) is 75.2 Å². The molecule has 5 atom stereocenters. The molecule has 2 unspecified atom stereocenters. The van der Waals surface area contributed by atoms with Crippen LogP contribution in [0.4, 0.5) is 11.5 Å². The van der Waals surface area contributed by atoms with Gasteiger partial charge in [0.05, 0.1) is 12.9 Å². The summed E-state index contributed by atoms with van der Waals surface area (Å²) in [6.45, 7) is 1.46. The summed E-state index contributed by atoms with van der Waals surface area (Å²) in [7, 11) is -9.53. The first-order valence-electron chi connectivity index (χ1n) is 12.7. The Bertz CT molecular complexity index is 1400. The van der Waals surface area contributed by atoms with E-state index in [1.165, 1.54) is 35.7 Å². The van der Waals surface area contributed by atoms with Crippen LogP contribution in [-0.2, 0) is 24.8 Å². The number of anilines is 2. The highest BCUT2D eigenvalue weighted by atomic mass is 35.5. The number of aryl methyl sites for hydroxylation is 1. The lowest BCUT2D eigenvalue weighted by Crippen LogP contribution is -2.33. The van der Waals surface area contributed by atoms with E-state index in [1.54, 1.807) is 0 Å². The molecule has 2 aromatic heterocycles. The summed E-state index contributed by atoms with van der Waals surface area (Å²) in [6.07, 6.45) is 1.41. The van der Waals surface area contributed by atoms with Crippen molar-refractivity contribution in [2.75, 3.05) is 17.8 Å². The Balaban J connectivity index is 1.48. The van der Waals surface area contributed by atoms with E-state index >= 15 is 0 Å². The number of hydrogen-bond donors (Lipinski definition) is 6. The molecule has 0 saturated carbocycles. The van der Waals surface area contributed by atoms with Crippen LogP contribution in [0.25, 0.3) is 11.2 Å². The summed E-state index contributed by atoms with van der Waals surface area (Å²) in [5, 5.41) is 24.1. The van der Waals surface area contributed by atoms with E-state index in [0.717, 1.165) is 18.5 Å². The van der Waals surface area contributed by atoms with Gasteiger partial charge in [0.25, 0.3) is 0 Å². The molecule has 0 aliphatic carbocycles. The Morgan fingerprint density at radius 3 is 2.48 bits per heavy atom. The zero-order valence-corrected chi connectivity index (χ0v) is 24.1. The van der Waals surface area contributed by atoms with Gasteiger partial charge < -0.3 is 39.5 Å². The highest BCUT2D eigenvalue weighted by molar-refractivity contribution is 7.70. The number of unbranched alkanes of at least 4 members (excludes halogenated alkanes) is 3. The van der Waals surface area contributed by atoms with Crippen molar-refractivity contribution in [3.8, 4) is 0 Å². The molecule has 1 fully saturated rings. The molecule has 220 valence electrons. The minimum Gasteiger partial charge on any atom is -0.387 e. The number of ether oxygens (including phenoxy) is 1. The number of nitrogens with zero attached hydrogens (tertiary/aromatic N) is 4. The molecule has 17 heteroatoms. The van der Waals surface area contributed by atoms with E-state index in [9.17, 15) is 24.2 Å². The molecule has 3 aromatic rings. The van der Waals surface area contributed by atoms with Gasteiger partial charge in [0.1, 0.15) is 18.3 Å². The van der Waals surface area contributed by atoms with E-state index in [2.05, 4.69) is 27.2 Å². The number of rotatable bonds is 13. The molecule has 4 rings (SSSR count). The average Bonchev–Trinajstić information content (AvgIpc) is 3.41. The van der Waals surface area contributed by atoms with Crippen molar-refractivity contribution >= 4 is 49.5 Å². The number of aliphatic hydroxyl groups excluding tert-OH is 2. The van der Waals surface area contributed by atoms with Crippen LogP contribution in [0.2, 0.25) is 5.28 Å². The second kappa shape index (κ2) is 12.9. The number of fused-ring (bicyclic) bond motifs is 1. The van der Waals surface area contributed by atoms with Gasteiger partial charge >= 0.3 is 15.2 Å². The van der Waals surface area contributed by atoms with Crippen LogP contribution in [0.5, 0.6) is 0 Å². The van der Waals surface area contributed by atoms with E-state index in [-0.39, 0.29) is 10.9 Å². The minimum absolute atomic E-state index is 0.115. The number of halogens is 1. The Labute approximate surface area is 235 Å². The highest BCUT2D eigenvalue weighted by Gasteiger charge is 2.45. The lowest BCUT2D eigenvalue weighted by molar-refractivity contribution is -0.0483. The Kier molecular flexibility index (Phi) is 10.0. The third-order valence-electron chi connectivity index (χ3n) is 6.34. The molecular formula is C23H32ClN5O9P2. The molecule has 1 aliphatic rings. The third-order valence-corrected chi connectivity index (χ3v) is 9.97. The molecule has 6 N–H and O–H groups in total. The summed E-state index contributed by atoms with van der Waals surface area (Å²) in [6, 6.07) is 7.91. The maximum Gasteiger partial charge on any atom is 0.340 e. The standard InChI is InChI=1S/C23H32ClN5O9P2/c1-2-3-4-5-6-14-7-9-15(10-8-14)26-20-17-21(28-23(24)27-20)29(12-25-17)22-19(31)18(30)16(38-22)11-37-40(35,36)13-39(32,33)34/h7-10,12,16,18-19,22,30-31H,2-6,11,13H2,1H3,(H,35,36)(H,26,27,28)(H2,32,33,34)/t16-,18?,19+,22-/m1/s1. The first-order valence-corrected chi connectivity index (χ1v) is 16.6. The Hall–Kier alpha value is -1.96. The summed E-state index contributed by atoms with van der Waals surface area (Å²) in [4.78, 5) is 40.3. The summed E-state index contributed by atoms with van der Waals surface area (Å²) in [5.74, 6) is -1.09. The lowest BCUT2D eigenvalue weighted by atomic mass is 10.1. The zero-order valence-electron chi connectivity index (χ0n) is 21.6. The zero-order chi connectivity index (χ0) is 29.1. The van der Waals surface area contributed by atoms with Gasteiger partial charge in [0, 0.05) is 5.69 Å². The fourth-order valence-corrected chi connectivity index (χ4v) is 7.10. The molecule has 1 saturated heterocycles. The Morgan fingerprint density at radius 2 is 1.80 bits per heavy atom. The van der Waals surface area contributed by atoms with Crippen LogP contribution in [0, 0.1) is 0 Å². The first kappa shape index (κ1) is 31.0. The molecule has 0 bridgehead atoms. The molecule has 3 heterocycles. The SMILES string of the molecule is CCCCCCc1ccc(Nc2nc(Cl)nc3c2ncn3[C@@H]2O[C@H](COP(=O)(O)CP(=O)(O)O)C(O)[C@@H]2O)cc1. The van der Waals surface area contributed by atoms with Crippen molar-refractivity contribution in [2.24, 2.45) is 0 Å². The van der Waals surface area contributed by atoms with E-state index in [0.29, 0.717) is 11.3 Å². The molecule has 0 amide bonds. The largest absolute Gasteiger partial charge is 0.387 e. The van der Waals surface area contributed by atoms with E-state index in [4.69, 9.17) is 30.6 Å². The van der Waals surface area contributed by atoms with Crippen LogP contribution < -0.4 is 5.32 Å². The minimum atomic E-state index is -4.84. The fraction of sp³-hybridized carbons (Fsp3) is 0.522. The molecule has 1 aliphatic heterocycles. The van der Waals surface area contributed by atoms with Crippen LogP contribution in [0.1, 0.15) is 44.4 Å². The monoisotopic (exact) mass is 619 g/mol. The predicted molar refractivity (Wildman–Crippen MR) is 147 cm³/mol. The van der Waals surface area contributed by atoms with Gasteiger partial charge in [-0.2, -0.15) is 9.97 Å². The van der Waals surface area contributed by atoms with Gasteiger partial charge in [-0.05, 0) is 42.1 Å².